The number of hydrogen-bond acceptors (Lipinski definition) is 4. The van der Waals surface area contributed by atoms with Crippen LogP contribution in [-0.2, 0) is 19.1 Å². The summed E-state index contributed by atoms with van der Waals surface area (Å²) in [4.78, 5) is 23.1. The standard InChI is InChI=1S/C26H50O4/c1-4-6-7-8-9-10-11-12-13-14-15-16-17-18-19-20-22-25(27)29-23-24(3)30-26(28)21-5-2/h24H,4-23H2,1-3H3. The maximum atomic E-state index is 11.7. The normalized spacial score (nSPS) is 12.0. The lowest BCUT2D eigenvalue weighted by molar-refractivity contribution is -0.158. The Labute approximate surface area is 186 Å². The van der Waals surface area contributed by atoms with E-state index in [1.54, 1.807) is 6.92 Å². The molecule has 0 aromatic carbocycles. The topological polar surface area (TPSA) is 52.6 Å². The second kappa shape index (κ2) is 22.6. The molecule has 0 rings (SSSR count). The highest BCUT2D eigenvalue weighted by molar-refractivity contribution is 5.70. The Morgan fingerprint density at radius 2 is 1.00 bits per heavy atom. The van der Waals surface area contributed by atoms with Gasteiger partial charge in [-0.1, -0.05) is 110 Å². The van der Waals surface area contributed by atoms with E-state index in [1.165, 1.54) is 89.9 Å². The minimum Gasteiger partial charge on any atom is -0.462 e. The van der Waals surface area contributed by atoms with E-state index >= 15 is 0 Å². The van der Waals surface area contributed by atoms with Gasteiger partial charge in [-0.2, -0.15) is 0 Å². The van der Waals surface area contributed by atoms with Crippen LogP contribution in [0.15, 0.2) is 0 Å². The summed E-state index contributed by atoms with van der Waals surface area (Å²) in [6.07, 6.45) is 22.5. The van der Waals surface area contributed by atoms with Gasteiger partial charge in [0.25, 0.3) is 0 Å². The zero-order valence-corrected chi connectivity index (χ0v) is 20.4. The van der Waals surface area contributed by atoms with Gasteiger partial charge < -0.3 is 9.47 Å². The first kappa shape index (κ1) is 28.9. The lowest BCUT2D eigenvalue weighted by atomic mass is 10.0. The fourth-order valence-corrected chi connectivity index (χ4v) is 3.62. The van der Waals surface area contributed by atoms with E-state index in [1.807, 2.05) is 6.92 Å². The van der Waals surface area contributed by atoms with E-state index in [2.05, 4.69) is 6.92 Å². The number of rotatable bonds is 22. The number of carbonyl (C=O) groups is 2. The third-order valence-corrected chi connectivity index (χ3v) is 5.50. The van der Waals surface area contributed by atoms with Crippen LogP contribution in [0.2, 0.25) is 0 Å². The minimum atomic E-state index is -0.362. The summed E-state index contributed by atoms with van der Waals surface area (Å²) in [6, 6.07) is 0. The Morgan fingerprint density at radius 3 is 1.43 bits per heavy atom. The molecule has 0 spiro atoms. The number of unbranched alkanes of at least 4 members (excludes halogenated alkanes) is 15. The van der Waals surface area contributed by atoms with Gasteiger partial charge in [0.2, 0.25) is 0 Å². The average molecular weight is 427 g/mol. The molecular formula is C26H50O4. The zero-order valence-electron chi connectivity index (χ0n) is 20.4. The van der Waals surface area contributed by atoms with Crippen molar-refractivity contribution in [1.82, 2.24) is 0 Å². The van der Waals surface area contributed by atoms with E-state index in [-0.39, 0.29) is 24.6 Å². The maximum Gasteiger partial charge on any atom is 0.306 e. The molecule has 178 valence electrons. The summed E-state index contributed by atoms with van der Waals surface area (Å²) >= 11 is 0. The molecule has 0 radical (unpaired) electrons. The van der Waals surface area contributed by atoms with E-state index < -0.39 is 0 Å². The molecule has 4 heteroatoms. The molecule has 0 saturated heterocycles. The van der Waals surface area contributed by atoms with Crippen LogP contribution in [0.3, 0.4) is 0 Å². The predicted octanol–water partition coefficient (Wildman–Crippen LogP) is 7.91. The van der Waals surface area contributed by atoms with Crippen LogP contribution in [0.5, 0.6) is 0 Å². The smallest absolute Gasteiger partial charge is 0.306 e. The van der Waals surface area contributed by atoms with Gasteiger partial charge in [0.05, 0.1) is 0 Å². The van der Waals surface area contributed by atoms with Crippen molar-refractivity contribution in [3.05, 3.63) is 0 Å². The average Bonchev–Trinajstić information content (AvgIpc) is 2.72. The molecule has 0 saturated carbocycles. The second-order valence-electron chi connectivity index (χ2n) is 8.79. The highest BCUT2D eigenvalue weighted by Crippen LogP contribution is 2.14. The molecule has 0 aliphatic carbocycles. The van der Waals surface area contributed by atoms with Gasteiger partial charge in [-0.25, -0.2) is 0 Å². The maximum absolute atomic E-state index is 11.7. The van der Waals surface area contributed by atoms with E-state index in [0.717, 1.165) is 19.3 Å². The Bertz CT molecular complexity index is 394. The van der Waals surface area contributed by atoms with Gasteiger partial charge in [-0.05, 0) is 19.8 Å². The van der Waals surface area contributed by atoms with Crippen LogP contribution in [-0.4, -0.2) is 24.6 Å². The van der Waals surface area contributed by atoms with Gasteiger partial charge in [0.1, 0.15) is 12.7 Å². The molecule has 0 aromatic heterocycles. The summed E-state index contributed by atoms with van der Waals surface area (Å²) < 4.78 is 10.4. The van der Waals surface area contributed by atoms with Crippen molar-refractivity contribution >= 4 is 11.9 Å². The first-order valence-electron chi connectivity index (χ1n) is 12.9. The summed E-state index contributed by atoms with van der Waals surface area (Å²) in [6.45, 7) is 6.13. The van der Waals surface area contributed by atoms with Crippen molar-refractivity contribution in [1.29, 1.82) is 0 Å². The Balaban J connectivity index is 3.28. The molecule has 0 aliphatic heterocycles. The minimum absolute atomic E-state index is 0.160. The molecule has 0 aromatic rings. The van der Waals surface area contributed by atoms with Crippen molar-refractivity contribution < 1.29 is 19.1 Å². The lowest BCUT2D eigenvalue weighted by Crippen LogP contribution is -2.22. The summed E-state index contributed by atoms with van der Waals surface area (Å²) in [5, 5.41) is 0. The first-order valence-corrected chi connectivity index (χ1v) is 12.9. The van der Waals surface area contributed by atoms with Crippen molar-refractivity contribution in [2.24, 2.45) is 0 Å². The van der Waals surface area contributed by atoms with Gasteiger partial charge in [0, 0.05) is 12.8 Å². The molecule has 0 aliphatic rings. The van der Waals surface area contributed by atoms with Gasteiger partial charge >= 0.3 is 11.9 Å². The number of carbonyl (C=O) groups excluding carboxylic acids is 2. The molecule has 1 unspecified atom stereocenters. The molecule has 0 N–H and O–H groups in total. The Kier molecular flexibility index (Phi) is 21.8. The van der Waals surface area contributed by atoms with Crippen LogP contribution < -0.4 is 0 Å². The van der Waals surface area contributed by atoms with Crippen LogP contribution in [0, 0.1) is 0 Å². The Morgan fingerprint density at radius 1 is 0.567 bits per heavy atom. The van der Waals surface area contributed by atoms with Gasteiger partial charge in [0.15, 0.2) is 0 Å². The number of ether oxygens (including phenoxy) is 2. The third-order valence-electron chi connectivity index (χ3n) is 5.50. The monoisotopic (exact) mass is 426 g/mol. The highest BCUT2D eigenvalue weighted by atomic mass is 16.6. The van der Waals surface area contributed by atoms with Crippen molar-refractivity contribution in [2.75, 3.05) is 6.61 Å². The molecule has 0 fully saturated rings. The molecule has 1 atom stereocenters. The van der Waals surface area contributed by atoms with E-state index in [9.17, 15) is 9.59 Å². The fourth-order valence-electron chi connectivity index (χ4n) is 3.62. The second-order valence-corrected chi connectivity index (χ2v) is 8.79. The number of esters is 2. The van der Waals surface area contributed by atoms with E-state index in [0.29, 0.717) is 12.8 Å². The van der Waals surface area contributed by atoms with Crippen LogP contribution in [0.25, 0.3) is 0 Å². The van der Waals surface area contributed by atoms with Crippen LogP contribution >= 0.6 is 0 Å². The summed E-state index contributed by atoms with van der Waals surface area (Å²) in [5.41, 5.74) is 0. The van der Waals surface area contributed by atoms with Gasteiger partial charge in [-0.3, -0.25) is 9.59 Å². The molecule has 4 nitrogen and oxygen atoms in total. The SMILES string of the molecule is CCCCCCCCCCCCCCCCCCC(=O)OCC(C)OC(=O)CCC. The molecule has 0 bridgehead atoms. The zero-order chi connectivity index (χ0) is 22.3. The Hall–Kier alpha value is -1.06. The summed E-state index contributed by atoms with van der Waals surface area (Å²) in [7, 11) is 0. The molecular weight excluding hydrogens is 376 g/mol. The van der Waals surface area contributed by atoms with Crippen molar-refractivity contribution in [3.63, 3.8) is 0 Å². The summed E-state index contributed by atoms with van der Waals surface area (Å²) in [5.74, 6) is -0.405. The molecule has 30 heavy (non-hydrogen) atoms. The fraction of sp³-hybridized carbons (Fsp3) is 0.923. The molecule has 0 amide bonds. The first-order chi connectivity index (χ1) is 14.6. The molecule has 0 heterocycles. The number of hydrogen-bond donors (Lipinski definition) is 0. The highest BCUT2D eigenvalue weighted by Gasteiger charge is 2.11. The van der Waals surface area contributed by atoms with Crippen molar-refractivity contribution in [3.8, 4) is 0 Å². The quantitative estimate of drug-likeness (QED) is 0.130. The van der Waals surface area contributed by atoms with Gasteiger partial charge in [-0.15, -0.1) is 0 Å². The van der Waals surface area contributed by atoms with Crippen LogP contribution in [0.1, 0.15) is 143 Å². The van der Waals surface area contributed by atoms with Crippen LogP contribution in [0.4, 0.5) is 0 Å². The lowest BCUT2D eigenvalue weighted by Gasteiger charge is -2.13. The third kappa shape index (κ3) is 21.6. The largest absolute Gasteiger partial charge is 0.462 e. The predicted molar refractivity (Wildman–Crippen MR) is 126 cm³/mol. The van der Waals surface area contributed by atoms with Crippen molar-refractivity contribution in [2.45, 2.75) is 149 Å². The van der Waals surface area contributed by atoms with E-state index in [4.69, 9.17) is 9.47 Å².